The Bertz CT molecular complexity index is 364. The first-order valence-electron chi connectivity index (χ1n) is 4.57. The van der Waals surface area contributed by atoms with Gasteiger partial charge >= 0.3 is 0 Å². The molecule has 0 spiro atoms. The van der Waals surface area contributed by atoms with E-state index in [1.165, 1.54) is 5.56 Å². The minimum absolute atomic E-state index is 0.122. The monoisotopic (exact) mass is 219 g/mol. The SMILES string of the molecule is C#CCNC(=O)c1ccc(CSC)cc1. The Morgan fingerprint density at radius 3 is 2.67 bits per heavy atom. The molecule has 0 radical (unpaired) electrons. The molecule has 0 saturated carbocycles. The molecule has 15 heavy (non-hydrogen) atoms. The third kappa shape index (κ3) is 3.69. The Morgan fingerprint density at radius 1 is 1.47 bits per heavy atom. The molecule has 0 aliphatic carbocycles. The van der Waals surface area contributed by atoms with Crippen LogP contribution in [0.5, 0.6) is 0 Å². The molecule has 0 aliphatic rings. The smallest absolute Gasteiger partial charge is 0.252 e. The number of nitrogens with one attached hydrogen (secondary N) is 1. The van der Waals surface area contributed by atoms with Gasteiger partial charge in [0.25, 0.3) is 5.91 Å². The van der Waals surface area contributed by atoms with E-state index in [0.717, 1.165) is 5.75 Å². The van der Waals surface area contributed by atoms with Crippen LogP contribution in [0.1, 0.15) is 15.9 Å². The zero-order valence-electron chi connectivity index (χ0n) is 8.62. The van der Waals surface area contributed by atoms with E-state index in [1.54, 1.807) is 11.8 Å². The summed E-state index contributed by atoms with van der Waals surface area (Å²) in [5.41, 5.74) is 1.87. The van der Waals surface area contributed by atoms with E-state index in [1.807, 2.05) is 30.5 Å². The van der Waals surface area contributed by atoms with Crippen LogP contribution in [-0.4, -0.2) is 18.7 Å². The number of carbonyl (C=O) groups is 1. The number of terminal acetylenes is 1. The minimum Gasteiger partial charge on any atom is -0.341 e. The van der Waals surface area contributed by atoms with Gasteiger partial charge in [0, 0.05) is 11.3 Å². The molecule has 1 N–H and O–H groups in total. The maximum absolute atomic E-state index is 11.5. The number of thioether (sulfide) groups is 1. The lowest BCUT2D eigenvalue weighted by Crippen LogP contribution is -2.23. The van der Waals surface area contributed by atoms with E-state index >= 15 is 0 Å². The number of amides is 1. The third-order valence-corrected chi connectivity index (χ3v) is 2.50. The van der Waals surface area contributed by atoms with Gasteiger partial charge in [-0.1, -0.05) is 18.1 Å². The van der Waals surface area contributed by atoms with Crippen LogP contribution in [-0.2, 0) is 5.75 Å². The molecule has 1 aromatic rings. The topological polar surface area (TPSA) is 29.1 Å². The first kappa shape index (κ1) is 11.7. The van der Waals surface area contributed by atoms with Crippen LogP contribution in [0.3, 0.4) is 0 Å². The van der Waals surface area contributed by atoms with Crippen molar-refractivity contribution in [1.82, 2.24) is 5.32 Å². The highest BCUT2D eigenvalue weighted by molar-refractivity contribution is 7.97. The van der Waals surface area contributed by atoms with Gasteiger partial charge < -0.3 is 5.32 Å². The van der Waals surface area contributed by atoms with Crippen molar-refractivity contribution in [3.63, 3.8) is 0 Å². The van der Waals surface area contributed by atoms with Crippen molar-refractivity contribution in [3.05, 3.63) is 35.4 Å². The molecule has 0 bridgehead atoms. The quantitative estimate of drug-likeness (QED) is 0.784. The highest BCUT2D eigenvalue weighted by atomic mass is 32.2. The lowest BCUT2D eigenvalue weighted by atomic mass is 10.1. The summed E-state index contributed by atoms with van der Waals surface area (Å²) in [5, 5.41) is 2.62. The first-order valence-corrected chi connectivity index (χ1v) is 5.97. The molecule has 0 aliphatic heterocycles. The van der Waals surface area contributed by atoms with E-state index in [0.29, 0.717) is 5.56 Å². The summed E-state index contributed by atoms with van der Waals surface area (Å²) < 4.78 is 0. The van der Waals surface area contributed by atoms with Crippen molar-refractivity contribution in [1.29, 1.82) is 0 Å². The molecule has 2 nitrogen and oxygen atoms in total. The summed E-state index contributed by atoms with van der Waals surface area (Å²) in [6.45, 7) is 0.269. The van der Waals surface area contributed by atoms with E-state index in [9.17, 15) is 4.79 Å². The van der Waals surface area contributed by atoms with Crippen molar-refractivity contribution < 1.29 is 4.79 Å². The molecule has 0 fully saturated rings. The number of hydrogen-bond donors (Lipinski definition) is 1. The second-order valence-corrected chi connectivity index (χ2v) is 3.88. The van der Waals surface area contributed by atoms with Crippen LogP contribution in [0.2, 0.25) is 0 Å². The molecule has 78 valence electrons. The van der Waals surface area contributed by atoms with E-state index in [2.05, 4.69) is 11.2 Å². The Morgan fingerprint density at radius 2 is 2.13 bits per heavy atom. The molecule has 0 atom stereocenters. The lowest BCUT2D eigenvalue weighted by molar-refractivity contribution is 0.0958. The van der Waals surface area contributed by atoms with E-state index in [-0.39, 0.29) is 12.5 Å². The molecule has 3 heteroatoms. The number of carbonyl (C=O) groups excluding carboxylic acids is 1. The molecule has 0 unspecified atom stereocenters. The Labute approximate surface area is 94.5 Å². The minimum atomic E-state index is -0.122. The fraction of sp³-hybridized carbons (Fsp3) is 0.250. The Hall–Kier alpha value is -1.40. The largest absolute Gasteiger partial charge is 0.341 e. The molecular weight excluding hydrogens is 206 g/mol. The van der Waals surface area contributed by atoms with Crippen molar-refractivity contribution in [2.45, 2.75) is 5.75 Å². The second kappa shape index (κ2) is 6.15. The fourth-order valence-corrected chi connectivity index (χ4v) is 1.68. The van der Waals surface area contributed by atoms with Crippen molar-refractivity contribution in [2.75, 3.05) is 12.8 Å². The molecule has 1 aromatic carbocycles. The van der Waals surface area contributed by atoms with Gasteiger partial charge in [-0.3, -0.25) is 4.79 Å². The summed E-state index contributed by atoms with van der Waals surface area (Å²) in [7, 11) is 0. The van der Waals surface area contributed by atoms with Crippen LogP contribution in [0, 0.1) is 12.3 Å². The molecule has 0 aromatic heterocycles. The normalized spacial score (nSPS) is 9.33. The summed E-state index contributed by atoms with van der Waals surface area (Å²) in [4.78, 5) is 11.5. The average Bonchev–Trinajstić information content (AvgIpc) is 2.27. The zero-order valence-corrected chi connectivity index (χ0v) is 9.43. The van der Waals surface area contributed by atoms with Crippen LogP contribution in [0.4, 0.5) is 0 Å². The van der Waals surface area contributed by atoms with Gasteiger partial charge in [-0.05, 0) is 24.0 Å². The summed E-state index contributed by atoms with van der Waals surface area (Å²) in [5.74, 6) is 3.21. The maximum atomic E-state index is 11.5. The van der Waals surface area contributed by atoms with Crippen LogP contribution >= 0.6 is 11.8 Å². The van der Waals surface area contributed by atoms with Gasteiger partial charge in [0.15, 0.2) is 0 Å². The van der Waals surface area contributed by atoms with Gasteiger partial charge in [0.05, 0.1) is 6.54 Å². The third-order valence-electron chi connectivity index (χ3n) is 1.88. The molecule has 0 saturated heterocycles. The second-order valence-electron chi connectivity index (χ2n) is 3.02. The standard InChI is InChI=1S/C12H13NOS/c1-3-8-13-12(14)11-6-4-10(5-7-11)9-15-2/h1,4-7H,8-9H2,2H3,(H,13,14). The maximum Gasteiger partial charge on any atom is 0.252 e. The van der Waals surface area contributed by atoms with Gasteiger partial charge in [-0.25, -0.2) is 0 Å². The summed E-state index contributed by atoms with van der Waals surface area (Å²) in [6.07, 6.45) is 7.10. The van der Waals surface area contributed by atoms with Crippen molar-refractivity contribution in [3.8, 4) is 12.3 Å². The van der Waals surface area contributed by atoms with Crippen LogP contribution < -0.4 is 5.32 Å². The Kier molecular flexibility index (Phi) is 4.79. The van der Waals surface area contributed by atoms with E-state index < -0.39 is 0 Å². The first-order chi connectivity index (χ1) is 7.27. The highest BCUT2D eigenvalue weighted by Crippen LogP contribution is 2.10. The predicted molar refractivity (Wildman–Crippen MR) is 64.8 cm³/mol. The highest BCUT2D eigenvalue weighted by Gasteiger charge is 2.03. The molecule has 1 rings (SSSR count). The van der Waals surface area contributed by atoms with Crippen molar-refractivity contribution in [2.24, 2.45) is 0 Å². The number of rotatable bonds is 4. The van der Waals surface area contributed by atoms with E-state index in [4.69, 9.17) is 6.42 Å². The molecule has 1 amide bonds. The van der Waals surface area contributed by atoms with Crippen molar-refractivity contribution >= 4 is 17.7 Å². The average molecular weight is 219 g/mol. The zero-order chi connectivity index (χ0) is 11.1. The number of hydrogen-bond acceptors (Lipinski definition) is 2. The molecular formula is C12H13NOS. The predicted octanol–water partition coefficient (Wildman–Crippen LogP) is 1.91. The van der Waals surface area contributed by atoms with Gasteiger partial charge in [0.2, 0.25) is 0 Å². The van der Waals surface area contributed by atoms with Gasteiger partial charge in [-0.2, -0.15) is 11.8 Å². The van der Waals surface area contributed by atoms with Gasteiger partial charge in [-0.15, -0.1) is 6.42 Å². The van der Waals surface area contributed by atoms with Gasteiger partial charge in [0.1, 0.15) is 0 Å². The summed E-state index contributed by atoms with van der Waals surface area (Å²) >= 11 is 1.76. The molecule has 0 heterocycles. The van der Waals surface area contributed by atoms with Crippen LogP contribution in [0.25, 0.3) is 0 Å². The lowest BCUT2D eigenvalue weighted by Gasteiger charge is -2.02. The Balaban J connectivity index is 2.63. The number of benzene rings is 1. The fourth-order valence-electron chi connectivity index (χ4n) is 1.15. The summed E-state index contributed by atoms with van der Waals surface area (Å²) in [6, 6.07) is 7.55. The van der Waals surface area contributed by atoms with Crippen LogP contribution in [0.15, 0.2) is 24.3 Å².